The highest BCUT2D eigenvalue weighted by molar-refractivity contribution is 14.1. The van der Waals surface area contributed by atoms with Gasteiger partial charge in [-0.15, -0.1) is 0 Å². The molecule has 0 fully saturated rings. The Bertz CT molecular complexity index is 786. The number of halogens is 1. The summed E-state index contributed by atoms with van der Waals surface area (Å²) in [5.74, 6) is 1.02. The number of hydrogen-bond acceptors (Lipinski definition) is 5. The summed E-state index contributed by atoms with van der Waals surface area (Å²) in [6.07, 6.45) is 2.55. The van der Waals surface area contributed by atoms with Crippen molar-refractivity contribution >= 4 is 22.6 Å². The van der Waals surface area contributed by atoms with E-state index in [0.29, 0.717) is 17.3 Å². The topological polar surface area (TPSA) is 72.0 Å². The molecular weight excluding hydrogens is 381 g/mol. The minimum absolute atomic E-state index is 0.194. The number of phenolic OH excluding ortho intramolecular Hbond substituents is 1. The summed E-state index contributed by atoms with van der Waals surface area (Å²) >= 11 is 2.06. The maximum atomic E-state index is 9.76. The third-order valence-electron chi connectivity index (χ3n) is 3.10. The molecule has 3 aromatic rings. The lowest BCUT2D eigenvalue weighted by Gasteiger charge is -2.00. The Morgan fingerprint density at radius 2 is 2.14 bits per heavy atom. The Hall–Kier alpha value is -1.96. The van der Waals surface area contributed by atoms with E-state index in [2.05, 4.69) is 44.6 Å². The highest BCUT2D eigenvalue weighted by Gasteiger charge is 2.15. The fraction of sp³-hybridized carbons (Fsp3) is 0.133. The first-order valence-electron chi connectivity index (χ1n) is 6.46. The third-order valence-corrected chi connectivity index (χ3v) is 4.02. The van der Waals surface area contributed by atoms with Gasteiger partial charge in [0.2, 0.25) is 5.82 Å². The summed E-state index contributed by atoms with van der Waals surface area (Å²) in [5.41, 5.74) is 2.47. The molecule has 1 aromatic carbocycles. The molecule has 21 heavy (non-hydrogen) atoms. The molecule has 0 amide bonds. The zero-order valence-corrected chi connectivity index (χ0v) is 13.4. The van der Waals surface area contributed by atoms with Gasteiger partial charge in [0.15, 0.2) is 0 Å². The SMILES string of the molecule is CCc1cccnc1-c1noc(-c2ccc(I)c(O)c2)n1. The molecule has 2 aromatic heterocycles. The van der Waals surface area contributed by atoms with E-state index in [1.54, 1.807) is 18.3 Å². The molecule has 0 aliphatic carbocycles. The summed E-state index contributed by atoms with van der Waals surface area (Å²) in [6, 6.07) is 9.12. The van der Waals surface area contributed by atoms with Crippen LogP contribution in [-0.2, 0) is 6.42 Å². The van der Waals surface area contributed by atoms with Gasteiger partial charge in [-0.3, -0.25) is 4.98 Å². The predicted molar refractivity (Wildman–Crippen MR) is 86.7 cm³/mol. The number of aromatic hydroxyl groups is 1. The second-order valence-corrected chi connectivity index (χ2v) is 5.62. The number of pyridine rings is 1. The van der Waals surface area contributed by atoms with Crippen LogP contribution in [0.5, 0.6) is 5.75 Å². The molecule has 0 atom stereocenters. The van der Waals surface area contributed by atoms with Crippen LogP contribution in [-0.4, -0.2) is 20.2 Å². The first-order chi connectivity index (χ1) is 10.2. The maximum Gasteiger partial charge on any atom is 0.258 e. The minimum Gasteiger partial charge on any atom is -0.507 e. The number of benzene rings is 1. The van der Waals surface area contributed by atoms with Crippen molar-refractivity contribution in [1.82, 2.24) is 15.1 Å². The van der Waals surface area contributed by atoms with Gasteiger partial charge in [-0.1, -0.05) is 18.1 Å². The van der Waals surface area contributed by atoms with Crippen molar-refractivity contribution in [1.29, 1.82) is 0 Å². The van der Waals surface area contributed by atoms with Crippen LogP contribution in [0.2, 0.25) is 0 Å². The molecule has 6 heteroatoms. The normalized spacial score (nSPS) is 10.8. The average molecular weight is 393 g/mol. The Morgan fingerprint density at radius 3 is 2.90 bits per heavy atom. The van der Waals surface area contributed by atoms with Gasteiger partial charge in [-0.2, -0.15) is 4.98 Å². The first-order valence-corrected chi connectivity index (χ1v) is 7.53. The smallest absolute Gasteiger partial charge is 0.258 e. The van der Waals surface area contributed by atoms with Gasteiger partial charge in [-0.25, -0.2) is 0 Å². The molecule has 0 saturated carbocycles. The number of hydrogen-bond donors (Lipinski definition) is 1. The zero-order valence-electron chi connectivity index (χ0n) is 11.2. The number of aryl methyl sites for hydroxylation is 1. The molecule has 3 rings (SSSR count). The quantitative estimate of drug-likeness (QED) is 0.688. The van der Waals surface area contributed by atoms with E-state index in [9.17, 15) is 5.11 Å². The monoisotopic (exact) mass is 393 g/mol. The van der Waals surface area contributed by atoms with Crippen LogP contribution in [0.1, 0.15) is 12.5 Å². The summed E-state index contributed by atoms with van der Waals surface area (Å²) in [7, 11) is 0. The lowest BCUT2D eigenvalue weighted by Crippen LogP contribution is -1.92. The van der Waals surface area contributed by atoms with Crippen LogP contribution in [0, 0.1) is 3.57 Å². The molecule has 5 nitrogen and oxygen atoms in total. The van der Waals surface area contributed by atoms with Crippen LogP contribution in [0.15, 0.2) is 41.1 Å². The molecule has 0 aliphatic heterocycles. The number of rotatable bonds is 3. The van der Waals surface area contributed by atoms with Crippen molar-refractivity contribution in [2.45, 2.75) is 13.3 Å². The van der Waals surface area contributed by atoms with Crippen molar-refractivity contribution in [3.63, 3.8) is 0 Å². The van der Waals surface area contributed by atoms with Gasteiger partial charge in [-0.05, 0) is 58.8 Å². The van der Waals surface area contributed by atoms with Gasteiger partial charge in [0.25, 0.3) is 5.89 Å². The molecule has 2 heterocycles. The van der Waals surface area contributed by atoms with Crippen molar-refractivity contribution in [3.8, 4) is 28.7 Å². The van der Waals surface area contributed by atoms with Crippen LogP contribution in [0.3, 0.4) is 0 Å². The number of aromatic nitrogens is 3. The molecule has 0 aliphatic rings. The van der Waals surface area contributed by atoms with Crippen molar-refractivity contribution in [3.05, 3.63) is 45.7 Å². The van der Waals surface area contributed by atoms with E-state index in [0.717, 1.165) is 21.2 Å². The lowest BCUT2D eigenvalue weighted by atomic mass is 10.1. The molecule has 0 spiro atoms. The number of phenols is 1. The standard InChI is InChI=1S/C15H12IN3O2/c1-2-9-4-3-7-17-13(9)14-18-15(21-19-14)10-5-6-11(16)12(20)8-10/h3-8,20H,2H2,1H3. The van der Waals surface area contributed by atoms with Gasteiger partial charge in [0.1, 0.15) is 11.4 Å². The third kappa shape index (κ3) is 2.76. The second kappa shape index (κ2) is 5.80. The second-order valence-electron chi connectivity index (χ2n) is 4.45. The molecule has 0 radical (unpaired) electrons. The van der Waals surface area contributed by atoms with E-state index in [1.165, 1.54) is 0 Å². The summed E-state index contributed by atoms with van der Waals surface area (Å²) in [6.45, 7) is 2.05. The molecule has 0 unspecified atom stereocenters. The van der Waals surface area contributed by atoms with Gasteiger partial charge >= 0.3 is 0 Å². The van der Waals surface area contributed by atoms with E-state index in [-0.39, 0.29) is 5.75 Å². The average Bonchev–Trinajstić information content (AvgIpc) is 2.99. The van der Waals surface area contributed by atoms with E-state index < -0.39 is 0 Å². The van der Waals surface area contributed by atoms with Gasteiger partial charge in [0, 0.05) is 11.8 Å². The number of nitrogens with zero attached hydrogens (tertiary/aromatic N) is 3. The Balaban J connectivity index is 2.01. The Morgan fingerprint density at radius 1 is 1.29 bits per heavy atom. The van der Waals surface area contributed by atoms with Crippen LogP contribution < -0.4 is 0 Å². The van der Waals surface area contributed by atoms with Gasteiger partial charge < -0.3 is 9.63 Å². The van der Waals surface area contributed by atoms with Crippen molar-refractivity contribution < 1.29 is 9.63 Å². The van der Waals surface area contributed by atoms with Crippen LogP contribution in [0.4, 0.5) is 0 Å². The van der Waals surface area contributed by atoms with Crippen LogP contribution in [0.25, 0.3) is 23.0 Å². The lowest BCUT2D eigenvalue weighted by molar-refractivity contribution is 0.431. The van der Waals surface area contributed by atoms with Crippen molar-refractivity contribution in [2.75, 3.05) is 0 Å². The highest BCUT2D eigenvalue weighted by atomic mass is 127. The predicted octanol–water partition coefficient (Wildman–Crippen LogP) is 3.67. The van der Waals surface area contributed by atoms with Gasteiger partial charge in [0.05, 0.1) is 3.57 Å². The Labute approximate surface area is 135 Å². The highest BCUT2D eigenvalue weighted by Crippen LogP contribution is 2.28. The van der Waals surface area contributed by atoms with Crippen molar-refractivity contribution in [2.24, 2.45) is 0 Å². The summed E-state index contributed by atoms with van der Waals surface area (Å²) in [4.78, 5) is 8.70. The van der Waals surface area contributed by atoms with Crippen LogP contribution >= 0.6 is 22.6 Å². The van der Waals surface area contributed by atoms with E-state index in [4.69, 9.17) is 4.52 Å². The summed E-state index contributed by atoms with van der Waals surface area (Å²) in [5, 5.41) is 13.7. The molecule has 1 N–H and O–H groups in total. The molecule has 0 bridgehead atoms. The largest absolute Gasteiger partial charge is 0.507 e. The summed E-state index contributed by atoms with van der Waals surface area (Å²) < 4.78 is 6.06. The first kappa shape index (κ1) is 14.0. The fourth-order valence-corrected chi connectivity index (χ4v) is 2.34. The maximum absolute atomic E-state index is 9.76. The molecule has 0 saturated heterocycles. The molecule has 106 valence electrons. The van der Waals surface area contributed by atoms with E-state index in [1.807, 2.05) is 18.2 Å². The van der Waals surface area contributed by atoms with E-state index >= 15 is 0 Å². The Kier molecular flexibility index (Phi) is 3.87. The minimum atomic E-state index is 0.194. The fourth-order valence-electron chi connectivity index (χ4n) is 2.01. The molecular formula is C15H12IN3O2. The zero-order chi connectivity index (χ0) is 14.8.